The minimum absolute atomic E-state index is 0.0177. The summed E-state index contributed by atoms with van der Waals surface area (Å²) in [5, 5.41) is 4.30. The summed E-state index contributed by atoms with van der Waals surface area (Å²) in [6, 6.07) is 0. The van der Waals surface area contributed by atoms with E-state index >= 15 is 0 Å². The number of amides is 1. The lowest BCUT2D eigenvalue weighted by Gasteiger charge is -2.40. The molecule has 27 heavy (non-hydrogen) atoms. The summed E-state index contributed by atoms with van der Waals surface area (Å²) >= 11 is 0. The number of fused-ring (bicyclic) bond motifs is 3. The van der Waals surface area contributed by atoms with Gasteiger partial charge in [-0.25, -0.2) is 19.5 Å². The Bertz CT molecular complexity index is 1060. The fourth-order valence-corrected chi connectivity index (χ4v) is 4.55. The van der Waals surface area contributed by atoms with Gasteiger partial charge < -0.3 is 10.6 Å². The van der Waals surface area contributed by atoms with Gasteiger partial charge >= 0.3 is 0 Å². The zero-order chi connectivity index (χ0) is 18.6. The zero-order valence-electron chi connectivity index (χ0n) is 15.2. The highest BCUT2D eigenvalue weighted by molar-refractivity contribution is 5.99. The van der Waals surface area contributed by atoms with Crippen LogP contribution in [0.4, 0.5) is 5.95 Å². The third-order valence-electron chi connectivity index (χ3n) is 5.84. The highest BCUT2D eigenvalue weighted by Crippen LogP contribution is 2.44. The van der Waals surface area contributed by atoms with Crippen LogP contribution in [0, 0.1) is 6.92 Å². The molecule has 3 aromatic heterocycles. The van der Waals surface area contributed by atoms with Gasteiger partial charge in [-0.3, -0.25) is 4.79 Å². The Morgan fingerprint density at radius 1 is 1.22 bits per heavy atom. The summed E-state index contributed by atoms with van der Waals surface area (Å²) in [5.41, 5.74) is 10.1. The number of rotatable bonds is 1. The van der Waals surface area contributed by atoms with Crippen LogP contribution in [0.3, 0.4) is 0 Å². The SMILES string of the molecule is Cc1cnc2c(C(=O)N3CCCC4(CCc5cnc(N)nc54)C3)cnn2c1. The summed E-state index contributed by atoms with van der Waals surface area (Å²) in [6.45, 7) is 3.34. The number of nitrogens with two attached hydrogens (primary N) is 1. The van der Waals surface area contributed by atoms with Gasteiger partial charge in [-0.1, -0.05) is 0 Å². The van der Waals surface area contributed by atoms with Gasteiger partial charge in [0.1, 0.15) is 5.56 Å². The maximum Gasteiger partial charge on any atom is 0.259 e. The van der Waals surface area contributed by atoms with E-state index in [0.717, 1.165) is 49.0 Å². The van der Waals surface area contributed by atoms with Crippen molar-refractivity contribution in [3.05, 3.63) is 47.2 Å². The average Bonchev–Trinajstić information content (AvgIpc) is 3.23. The van der Waals surface area contributed by atoms with Crippen molar-refractivity contribution in [1.29, 1.82) is 0 Å². The molecule has 1 atom stereocenters. The van der Waals surface area contributed by atoms with Gasteiger partial charge in [0.15, 0.2) is 5.65 Å². The minimum atomic E-state index is -0.118. The van der Waals surface area contributed by atoms with Crippen LogP contribution in [0.25, 0.3) is 5.65 Å². The third kappa shape index (κ3) is 2.47. The molecule has 1 aliphatic heterocycles. The molecule has 0 bridgehead atoms. The van der Waals surface area contributed by atoms with E-state index in [1.807, 2.05) is 24.2 Å². The lowest BCUT2D eigenvalue weighted by molar-refractivity contribution is 0.0635. The van der Waals surface area contributed by atoms with Crippen molar-refractivity contribution in [3.8, 4) is 0 Å². The first-order valence-corrected chi connectivity index (χ1v) is 9.27. The lowest BCUT2D eigenvalue weighted by atomic mass is 9.77. The van der Waals surface area contributed by atoms with Crippen molar-refractivity contribution in [1.82, 2.24) is 29.5 Å². The summed E-state index contributed by atoms with van der Waals surface area (Å²) in [5.74, 6) is 0.288. The van der Waals surface area contributed by atoms with E-state index in [2.05, 4.69) is 20.1 Å². The van der Waals surface area contributed by atoms with Crippen LogP contribution in [0.2, 0.25) is 0 Å². The van der Waals surface area contributed by atoms with E-state index in [0.29, 0.717) is 23.7 Å². The molecule has 1 fully saturated rings. The number of hydrogen-bond donors (Lipinski definition) is 1. The first kappa shape index (κ1) is 16.2. The van der Waals surface area contributed by atoms with Gasteiger partial charge in [0.25, 0.3) is 5.91 Å². The average molecular weight is 363 g/mol. The molecule has 8 nitrogen and oxygen atoms in total. The van der Waals surface area contributed by atoms with Crippen molar-refractivity contribution in [3.63, 3.8) is 0 Å². The summed E-state index contributed by atoms with van der Waals surface area (Å²) < 4.78 is 1.67. The van der Waals surface area contributed by atoms with Crippen molar-refractivity contribution in [2.45, 2.75) is 38.0 Å². The fourth-order valence-electron chi connectivity index (χ4n) is 4.55. The van der Waals surface area contributed by atoms with Gasteiger partial charge in [-0.2, -0.15) is 5.10 Å². The molecule has 8 heteroatoms. The molecule has 0 radical (unpaired) electrons. The van der Waals surface area contributed by atoms with E-state index < -0.39 is 0 Å². The second-order valence-electron chi connectivity index (χ2n) is 7.67. The Morgan fingerprint density at radius 2 is 2.11 bits per heavy atom. The maximum absolute atomic E-state index is 13.3. The number of nitrogen functional groups attached to an aromatic ring is 1. The number of aromatic nitrogens is 5. The van der Waals surface area contributed by atoms with E-state index in [-0.39, 0.29) is 11.3 Å². The second kappa shape index (κ2) is 5.73. The molecule has 5 rings (SSSR count). The largest absolute Gasteiger partial charge is 0.368 e. The number of nitrogens with zero attached hydrogens (tertiary/aromatic N) is 6. The first-order valence-electron chi connectivity index (χ1n) is 9.27. The second-order valence-corrected chi connectivity index (χ2v) is 7.67. The van der Waals surface area contributed by atoms with Crippen LogP contribution in [0.15, 0.2) is 24.8 Å². The van der Waals surface area contributed by atoms with Gasteiger partial charge in [-0.05, 0) is 43.7 Å². The normalized spacial score (nSPS) is 21.7. The predicted octanol–water partition coefficient (Wildman–Crippen LogP) is 1.53. The number of carbonyl (C=O) groups is 1. The van der Waals surface area contributed by atoms with E-state index in [1.165, 1.54) is 0 Å². The molecule has 0 aromatic carbocycles. The van der Waals surface area contributed by atoms with Crippen LogP contribution in [0.5, 0.6) is 0 Å². The molecule has 1 spiro atoms. The van der Waals surface area contributed by atoms with Crippen LogP contribution >= 0.6 is 0 Å². The predicted molar refractivity (Wildman–Crippen MR) is 99.3 cm³/mol. The third-order valence-corrected chi connectivity index (χ3v) is 5.84. The monoisotopic (exact) mass is 363 g/mol. The number of anilines is 1. The van der Waals surface area contributed by atoms with Crippen molar-refractivity contribution < 1.29 is 4.79 Å². The minimum Gasteiger partial charge on any atom is -0.368 e. The Kier molecular flexibility index (Phi) is 3.43. The molecule has 138 valence electrons. The summed E-state index contributed by atoms with van der Waals surface area (Å²) in [7, 11) is 0. The zero-order valence-corrected chi connectivity index (χ0v) is 15.2. The van der Waals surface area contributed by atoms with Gasteiger partial charge in [0, 0.05) is 37.1 Å². The molecular formula is C19H21N7O. The molecule has 0 saturated carbocycles. The molecular weight excluding hydrogens is 342 g/mol. The number of piperidine rings is 1. The fraction of sp³-hybridized carbons (Fsp3) is 0.421. The highest BCUT2D eigenvalue weighted by atomic mass is 16.2. The Hall–Kier alpha value is -3.03. The molecule has 2 aliphatic rings. The first-order chi connectivity index (χ1) is 13.1. The van der Waals surface area contributed by atoms with Gasteiger partial charge in [0.2, 0.25) is 5.95 Å². The quantitative estimate of drug-likeness (QED) is 0.703. The molecule has 4 heterocycles. The Morgan fingerprint density at radius 3 is 3.00 bits per heavy atom. The van der Waals surface area contributed by atoms with Crippen molar-refractivity contribution in [2.75, 3.05) is 18.8 Å². The lowest BCUT2D eigenvalue weighted by Crippen LogP contribution is -2.48. The van der Waals surface area contributed by atoms with Gasteiger partial charge in [0.05, 0.1) is 11.9 Å². The Balaban J connectivity index is 1.48. The highest BCUT2D eigenvalue weighted by Gasteiger charge is 2.45. The summed E-state index contributed by atoms with van der Waals surface area (Å²) in [4.78, 5) is 28.3. The topological polar surface area (TPSA) is 102 Å². The maximum atomic E-state index is 13.3. The van der Waals surface area contributed by atoms with E-state index in [1.54, 1.807) is 16.9 Å². The van der Waals surface area contributed by atoms with E-state index in [4.69, 9.17) is 5.73 Å². The van der Waals surface area contributed by atoms with E-state index in [9.17, 15) is 4.79 Å². The van der Waals surface area contributed by atoms with Crippen LogP contribution < -0.4 is 5.73 Å². The van der Waals surface area contributed by atoms with Crippen molar-refractivity contribution in [2.24, 2.45) is 0 Å². The van der Waals surface area contributed by atoms with Crippen LogP contribution in [-0.2, 0) is 11.8 Å². The summed E-state index contributed by atoms with van der Waals surface area (Å²) in [6.07, 6.45) is 11.0. The number of aryl methyl sites for hydroxylation is 2. The molecule has 2 N–H and O–H groups in total. The molecule has 1 amide bonds. The molecule has 1 aliphatic carbocycles. The van der Waals surface area contributed by atoms with Gasteiger partial charge in [-0.15, -0.1) is 0 Å². The molecule has 1 saturated heterocycles. The number of likely N-dealkylation sites (tertiary alicyclic amines) is 1. The molecule has 3 aromatic rings. The van der Waals surface area contributed by atoms with Crippen LogP contribution in [0.1, 0.15) is 46.4 Å². The molecule has 1 unspecified atom stereocenters. The van der Waals surface area contributed by atoms with Crippen LogP contribution in [-0.4, -0.2) is 48.5 Å². The smallest absolute Gasteiger partial charge is 0.259 e. The van der Waals surface area contributed by atoms with Crippen molar-refractivity contribution >= 4 is 17.5 Å². The number of carbonyl (C=O) groups excluding carboxylic acids is 1. The Labute approximate surface area is 156 Å². The standard InChI is InChI=1S/C19H21N7O/c1-12-7-21-16-14(9-23-26(16)10-12)17(27)25-6-2-4-19(11-25)5-3-13-8-22-18(20)24-15(13)19/h7-10H,2-6,11H2,1H3,(H2,20,22,24). The number of hydrogen-bond acceptors (Lipinski definition) is 6.